The van der Waals surface area contributed by atoms with Crippen molar-refractivity contribution in [2.24, 2.45) is 0 Å². The lowest BCUT2D eigenvalue weighted by Gasteiger charge is -2.27. The fourth-order valence-electron chi connectivity index (χ4n) is 2.39. The van der Waals surface area contributed by atoms with Gasteiger partial charge < -0.3 is 24.7 Å². The van der Waals surface area contributed by atoms with Crippen molar-refractivity contribution in [3.8, 4) is 0 Å². The highest BCUT2D eigenvalue weighted by Gasteiger charge is 2.29. The fraction of sp³-hybridized carbons (Fsp3) is 0.438. The van der Waals surface area contributed by atoms with Gasteiger partial charge in [0.2, 0.25) is 10.0 Å². The third-order valence-electron chi connectivity index (χ3n) is 3.67. The number of nitrogens with one attached hydrogen (secondary N) is 2. The average Bonchev–Trinajstić information content (AvgIpc) is 3.08. The van der Waals surface area contributed by atoms with Gasteiger partial charge in [-0.3, -0.25) is 9.78 Å². The molecule has 0 aliphatic carbocycles. The summed E-state index contributed by atoms with van der Waals surface area (Å²) in [4.78, 5) is 20.1. The van der Waals surface area contributed by atoms with Crippen LogP contribution in [0, 0.1) is 0 Å². The van der Waals surface area contributed by atoms with Crippen molar-refractivity contribution < 1.29 is 32.6 Å². The number of aliphatic hydroxyl groups is 2. The van der Waals surface area contributed by atoms with Gasteiger partial charge in [-0.1, -0.05) is 0 Å². The van der Waals surface area contributed by atoms with Crippen LogP contribution in [0.3, 0.4) is 0 Å². The number of aliphatic hydroxyl groups excluding tert-OH is 2. The topological polar surface area (TPSA) is 164 Å². The van der Waals surface area contributed by atoms with Crippen LogP contribution in [0.4, 0.5) is 6.01 Å². The van der Waals surface area contributed by atoms with E-state index in [-0.39, 0.29) is 24.7 Å². The number of carbonyl (C=O) groups excluding carboxylic acids is 1. The Morgan fingerprint density at radius 1 is 1.32 bits per heavy atom. The van der Waals surface area contributed by atoms with E-state index in [0.29, 0.717) is 0 Å². The van der Waals surface area contributed by atoms with E-state index in [1.165, 1.54) is 7.11 Å². The summed E-state index contributed by atoms with van der Waals surface area (Å²) < 4.78 is 34.1. The molecule has 1 amide bonds. The van der Waals surface area contributed by atoms with Crippen molar-refractivity contribution >= 4 is 21.9 Å². The molecule has 2 rings (SSSR count). The molecule has 28 heavy (non-hydrogen) atoms. The van der Waals surface area contributed by atoms with Gasteiger partial charge in [-0.25, -0.2) is 13.1 Å². The normalized spacial score (nSPS) is 14.9. The molecule has 0 aromatic carbocycles. The Hall–Kier alpha value is -2.54. The van der Waals surface area contributed by atoms with Crippen LogP contribution in [0.25, 0.3) is 0 Å². The Morgan fingerprint density at radius 2 is 2.00 bits per heavy atom. The van der Waals surface area contributed by atoms with Crippen LogP contribution in [0.15, 0.2) is 35.2 Å². The highest BCUT2D eigenvalue weighted by Crippen LogP contribution is 2.12. The molecule has 0 spiro atoms. The van der Waals surface area contributed by atoms with Gasteiger partial charge in [-0.2, -0.15) is 4.98 Å². The monoisotopic (exact) mass is 414 g/mol. The number of oxazole rings is 1. The SMILES string of the molecule is COCC(O)C(O)C(Cc1ccncc1)NC(=O)c1coc(NS(C)(=O)=O)n1. The Labute approximate surface area is 161 Å². The summed E-state index contributed by atoms with van der Waals surface area (Å²) in [6.45, 7) is -0.129. The first kappa shape index (κ1) is 21.8. The van der Waals surface area contributed by atoms with Crippen molar-refractivity contribution in [3.05, 3.63) is 42.0 Å². The molecule has 2 aromatic heterocycles. The molecule has 0 aliphatic rings. The largest absolute Gasteiger partial charge is 0.431 e. The predicted molar refractivity (Wildman–Crippen MR) is 98.1 cm³/mol. The lowest BCUT2D eigenvalue weighted by molar-refractivity contribution is -0.0407. The molecule has 0 fully saturated rings. The number of nitrogens with zero attached hydrogens (tertiary/aromatic N) is 2. The maximum atomic E-state index is 12.5. The fourth-order valence-corrected chi connectivity index (χ4v) is 2.80. The number of hydrogen-bond donors (Lipinski definition) is 4. The molecule has 11 nitrogen and oxygen atoms in total. The lowest BCUT2D eigenvalue weighted by Crippen LogP contribution is -2.51. The molecular formula is C16H22N4O7S. The number of carbonyl (C=O) groups is 1. The van der Waals surface area contributed by atoms with E-state index in [2.05, 4.69) is 15.3 Å². The Morgan fingerprint density at radius 3 is 2.61 bits per heavy atom. The minimum atomic E-state index is -3.62. The minimum absolute atomic E-state index is 0.129. The smallest absolute Gasteiger partial charge is 0.309 e. The summed E-state index contributed by atoms with van der Waals surface area (Å²) in [5.74, 6) is -0.715. The number of methoxy groups -OCH3 is 1. The van der Waals surface area contributed by atoms with Crippen LogP contribution in [-0.4, -0.2) is 72.7 Å². The minimum Gasteiger partial charge on any atom is -0.431 e. The standard InChI is InChI=1S/C16H22N4O7S/c1-26-9-13(21)14(22)11(7-10-3-5-17-6-4-10)18-15(23)12-8-27-16(19-12)20-28(2,24)25/h3-6,8,11,13-14,21-22H,7,9H2,1-2H3,(H,18,23)(H,19,20). The van der Waals surface area contributed by atoms with E-state index < -0.39 is 34.2 Å². The summed E-state index contributed by atoms with van der Waals surface area (Å²) in [6, 6.07) is 2.17. The first-order valence-corrected chi connectivity index (χ1v) is 10.1. The summed E-state index contributed by atoms with van der Waals surface area (Å²) in [5.41, 5.74) is 0.572. The van der Waals surface area contributed by atoms with Gasteiger partial charge >= 0.3 is 6.01 Å². The Balaban J connectivity index is 2.15. The van der Waals surface area contributed by atoms with E-state index >= 15 is 0 Å². The van der Waals surface area contributed by atoms with Gasteiger partial charge in [-0.05, 0) is 24.1 Å². The number of sulfonamides is 1. The molecule has 12 heteroatoms. The molecule has 0 saturated carbocycles. The maximum absolute atomic E-state index is 12.5. The second-order valence-electron chi connectivity index (χ2n) is 6.06. The molecule has 0 bridgehead atoms. The number of amides is 1. The van der Waals surface area contributed by atoms with Crippen molar-refractivity contribution in [2.75, 3.05) is 24.7 Å². The average molecular weight is 414 g/mol. The van der Waals surface area contributed by atoms with Gasteiger partial charge in [0.1, 0.15) is 18.5 Å². The second-order valence-corrected chi connectivity index (χ2v) is 7.81. The van der Waals surface area contributed by atoms with Crippen LogP contribution >= 0.6 is 0 Å². The predicted octanol–water partition coefficient (Wildman–Crippen LogP) is -0.850. The highest BCUT2D eigenvalue weighted by atomic mass is 32.2. The molecule has 154 valence electrons. The molecule has 4 N–H and O–H groups in total. The number of aromatic nitrogens is 2. The van der Waals surface area contributed by atoms with E-state index in [1.54, 1.807) is 24.5 Å². The second kappa shape index (κ2) is 9.59. The maximum Gasteiger partial charge on any atom is 0.309 e. The molecule has 3 atom stereocenters. The van der Waals surface area contributed by atoms with Crippen molar-refractivity contribution in [3.63, 3.8) is 0 Å². The van der Waals surface area contributed by atoms with Gasteiger partial charge in [0, 0.05) is 19.5 Å². The Kier molecular flexibility index (Phi) is 7.45. The van der Waals surface area contributed by atoms with E-state index in [9.17, 15) is 23.4 Å². The van der Waals surface area contributed by atoms with Crippen molar-refractivity contribution in [1.82, 2.24) is 15.3 Å². The van der Waals surface area contributed by atoms with Crippen LogP contribution in [0.2, 0.25) is 0 Å². The molecular weight excluding hydrogens is 392 g/mol. The third kappa shape index (κ3) is 6.56. The van der Waals surface area contributed by atoms with E-state index in [0.717, 1.165) is 18.1 Å². The van der Waals surface area contributed by atoms with Gasteiger partial charge in [0.15, 0.2) is 5.69 Å². The zero-order chi connectivity index (χ0) is 20.7. The van der Waals surface area contributed by atoms with E-state index in [4.69, 9.17) is 9.15 Å². The van der Waals surface area contributed by atoms with Crippen LogP contribution < -0.4 is 10.0 Å². The number of ether oxygens (including phenoxy) is 1. The number of rotatable bonds is 10. The quantitative estimate of drug-likeness (QED) is 0.387. The number of anilines is 1. The first-order chi connectivity index (χ1) is 13.2. The van der Waals surface area contributed by atoms with Crippen LogP contribution in [0.5, 0.6) is 0 Å². The highest BCUT2D eigenvalue weighted by molar-refractivity contribution is 7.91. The van der Waals surface area contributed by atoms with Gasteiger partial charge in [-0.15, -0.1) is 0 Å². The molecule has 0 radical (unpaired) electrons. The zero-order valence-corrected chi connectivity index (χ0v) is 16.1. The zero-order valence-electron chi connectivity index (χ0n) is 15.3. The van der Waals surface area contributed by atoms with Crippen molar-refractivity contribution in [1.29, 1.82) is 0 Å². The lowest BCUT2D eigenvalue weighted by atomic mass is 9.98. The third-order valence-corrected chi connectivity index (χ3v) is 4.22. The van der Waals surface area contributed by atoms with Gasteiger partial charge in [0.25, 0.3) is 5.91 Å². The van der Waals surface area contributed by atoms with Crippen LogP contribution in [0.1, 0.15) is 16.1 Å². The first-order valence-electron chi connectivity index (χ1n) is 8.17. The van der Waals surface area contributed by atoms with Crippen LogP contribution in [-0.2, 0) is 21.2 Å². The summed E-state index contributed by atoms with van der Waals surface area (Å²) in [6.07, 6.45) is 2.64. The molecule has 2 aromatic rings. The summed E-state index contributed by atoms with van der Waals surface area (Å²) in [7, 11) is -2.24. The molecule has 3 unspecified atom stereocenters. The molecule has 0 aliphatic heterocycles. The van der Waals surface area contributed by atoms with E-state index in [1.807, 2.05) is 4.72 Å². The van der Waals surface area contributed by atoms with Crippen molar-refractivity contribution in [2.45, 2.75) is 24.7 Å². The summed E-state index contributed by atoms with van der Waals surface area (Å²) in [5, 5.41) is 23.0. The van der Waals surface area contributed by atoms with Gasteiger partial charge in [0.05, 0.1) is 18.9 Å². The Bertz CT molecular complexity index is 872. The summed E-state index contributed by atoms with van der Waals surface area (Å²) >= 11 is 0. The molecule has 2 heterocycles. The molecule has 0 saturated heterocycles. The number of pyridine rings is 1. The number of hydrogen-bond acceptors (Lipinski definition) is 9.